The highest BCUT2D eigenvalue weighted by Crippen LogP contribution is 2.33. The summed E-state index contributed by atoms with van der Waals surface area (Å²) < 4.78 is 39.8. The van der Waals surface area contributed by atoms with Crippen molar-refractivity contribution >= 4 is 11.6 Å². The third-order valence-electron chi connectivity index (χ3n) is 9.08. The van der Waals surface area contributed by atoms with Gasteiger partial charge >= 0.3 is 6.18 Å². The van der Waals surface area contributed by atoms with Crippen molar-refractivity contribution in [1.29, 1.82) is 0 Å². The zero-order valence-corrected chi connectivity index (χ0v) is 23.5. The molecule has 4 heterocycles. The van der Waals surface area contributed by atoms with Crippen LogP contribution in [0, 0.1) is 11.8 Å². The van der Waals surface area contributed by atoms with E-state index >= 15 is 0 Å². The van der Waals surface area contributed by atoms with E-state index in [1.54, 1.807) is 6.07 Å². The Morgan fingerprint density at radius 2 is 1.73 bits per heavy atom. The molecule has 5 rings (SSSR count). The van der Waals surface area contributed by atoms with E-state index in [2.05, 4.69) is 37.6 Å². The highest BCUT2D eigenvalue weighted by Gasteiger charge is 2.36. The molecule has 3 fully saturated rings. The number of aromatic nitrogens is 1. The first-order valence-electron chi connectivity index (χ1n) is 14.8. The number of amides is 1. The largest absolute Gasteiger partial charge is 0.416 e. The van der Waals surface area contributed by atoms with Gasteiger partial charge in [-0.25, -0.2) is 0 Å². The summed E-state index contributed by atoms with van der Waals surface area (Å²) in [6, 6.07) is 12.1. The van der Waals surface area contributed by atoms with Crippen LogP contribution in [0.25, 0.3) is 0 Å². The van der Waals surface area contributed by atoms with Gasteiger partial charge in [-0.3, -0.25) is 19.6 Å². The van der Waals surface area contributed by atoms with Crippen LogP contribution in [0.3, 0.4) is 0 Å². The number of halogens is 3. The van der Waals surface area contributed by atoms with Crippen LogP contribution in [0.2, 0.25) is 0 Å². The number of piperazine rings is 1. The molecule has 3 aliphatic rings. The molecule has 0 spiro atoms. The van der Waals surface area contributed by atoms with Gasteiger partial charge in [-0.1, -0.05) is 19.1 Å². The Bertz CT molecular complexity index is 1100. The van der Waals surface area contributed by atoms with E-state index in [4.69, 9.17) is 0 Å². The number of piperidine rings is 2. The molecule has 0 aliphatic carbocycles. The summed E-state index contributed by atoms with van der Waals surface area (Å²) in [6.07, 6.45) is 2.15. The second-order valence-electron chi connectivity index (χ2n) is 11.8. The van der Waals surface area contributed by atoms with Crippen molar-refractivity contribution in [2.45, 2.75) is 57.8 Å². The molecule has 2 aromatic rings. The lowest BCUT2D eigenvalue weighted by molar-refractivity contribution is -0.137. The Kier molecular flexibility index (Phi) is 9.31. The third-order valence-corrected chi connectivity index (χ3v) is 9.08. The van der Waals surface area contributed by atoms with Crippen molar-refractivity contribution in [3.8, 4) is 0 Å². The SMILES string of the molecule is CC1CCN(C(=O)CC[C@H]2CN(Cc3ccccn3)CC[C@H]2N2CCN(c3cccc(C(F)(F)F)c3)CC2)CC1. The predicted octanol–water partition coefficient (Wildman–Crippen LogP) is 5.15. The molecule has 0 saturated carbocycles. The zero-order valence-electron chi connectivity index (χ0n) is 23.5. The van der Waals surface area contributed by atoms with Gasteiger partial charge in [0.1, 0.15) is 0 Å². The lowest BCUT2D eigenvalue weighted by Gasteiger charge is -2.47. The topological polar surface area (TPSA) is 42.9 Å². The number of pyridine rings is 1. The monoisotopic (exact) mass is 557 g/mol. The highest BCUT2D eigenvalue weighted by molar-refractivity contribution is 5.76. The third kappa shape index (κ3) is 7.35. The molecule has 0 unspecified atom stereocenters. The second kappa shape index (κ2) is 12.9. The van der Waals surface area contributed by atoms with Gasteiger partial charge in [0, 0.05) is 83.2 Å². The standard InChI is InChI=1S/C31H42F3N5O/c1-24-10-15-39(16-11-24)30(40)9-8-25-22-36(23-27-6-2-3-13-35-27)14-12-29(25)38-19-17-37(18-20-38)28-7-4-5-26(21-28)31(32,33)34/h2-7,13,21,24-25,29H,8-12,14-20,22-23H2,1H3/t25-,29+/m0/s1. The molecular weight excluding hydrogens is 515 g/mol. The summed E-state index contributed by atoms with van der Waals surface area (Å²) in [4.78, 5) is 26.7. The summed E-state index contributed by atoms with van der Waals surface area (Å²) in [6.45, 7) is 9.76. The molecule has 218 valence electrons. The molecule has 6 nitrogen and oxygen atoms in total. The Morgan fingerprint density at radius 1 is 0.950 bits per heavy atom. The maximum atomic E-state index is 13.3. The molecular formula is C31H42F3N5O. The average Bonchev–Trinajstić information content (AvgIpc) is 2.97. The molecule has 0 bridgehead atoms. The Labute approximate surface area is 236 Å². The van der Waals surface area contributed by atoms with Crippen LogP contribution in [0.1, 0.15) is 50.3 Å². The molecule has 3 aliphatic heterocycles. The molecule has 0 N–H and O–H groups in total. The molecule has 1 aromatic carbocycles. The van der Waals surface area contributed by atoms with Crippen molar-refractivity contribution in [3.63, 3.8) is 0 Å². The molecule has 2 atom stereocenters. The van der Waals surface area contributed by atoms with Crippen LogP contribution in [-0.4, -0.2) is 84.0 Å². The predicted molar refractivity (Wildman–Crippen MR) is 151 cm³/mol. The van der Waals surface area contributed by atoms with E-state index in [1.807, 2.05) is 18.3 Å². The summed E-state index contributed by atoms with van der Waals surface area (Å²) >= 11 is 0. The summed E-state index contributed by atoms with van der Waals surface area (Å²) in [5.74, 6) is 1.34. The number of nitrogens with zero attached hydrogens (tertiary/aromatic N) is 5. The fraction of sp³-hybridized carbons (Fsp3) is 0.613. The first-order valence-corrected chi connectivity index (χ1v) is 14.8. The molecule has 40 heavy (non-hydrogen) atoms. The summed E-state index contributed by atoms with van der Waals surface area (Å²) in [5.41, 5.74) is 1.10. The van der Waals surface area contributed by atoms with Gasteiger partial charge in [-0.15, -0.1) is 0 Å². The van der Waals surface area contributed by atoms with Crippen LogP contribution >= 0.6 is 0 Å². The quantitative estimate of drug-likeness (QED) is 0.471. The minimum Gasteiger partial charge on any atom is -0.369 e. The van der Waals surface area contributed by atoms with E-state index in [0.717, 1.165) is 83.3 Å². The van der Waals surface area contributed by atoms with Gasteiger partial charge < -0.3 is 9.80 Å². The van der Waals surface area contributed by atoms with E-state index in [-0.39, 0.29) is 5.91 Å². The lowest BCUT2D eigenvalue weighted by atomic mass is 9.86. The number of hydrogen-bond acceptors (Lipinski definition) is 5. The number of alkyl halides is 3. The van der Waals surface area contributed by atoms with Crippen LogP contribution < -0.4 is 4.90 Å². The molecule has 0 radical (unpaired) electrons. The Morgan fingerprint density at radius 3 is 2.42 bits per heavy atom. The van der Waals surface area contributed by atoms with Crippen molar-refractivity contribution in [2.24, 2.45) is 11.8 Å². The number of carbonyl (C=O) groups excluding carboxylic acids is 1. The lowest BCUT2D eigenvalue weighted by Crippen LogP contribution is -2.56. The van der Waals surface area contributed by atoms with Gasteiger partial charge in [0.05, 0.1) is 11.3 Å². The molecule has 1 amide bonds. The minimum absolute atomic E-state index is 0.280. The van der Waals surface area contributed by atoms with E-state index in [9.17, 15) is 18.0 Å². The first-order chi connectivity index (χ1) is 19.3. The maximum absolute atomic E-state index is 13.3. The zero-order chi connectivity index (χ0) is 28.1. The Balaban J connectivity index is 1.22. The maximum Gasteiger partial charge on any atom is 0.416 e. The Hall–Kier alpha value is -2.65. The second-order valence-corrected chi connectivity index (χ2v) is 11.8. The van der Waals surface area contributed by atoms with Crippen LogP contribution in [0.15, 0.2) is 48.7 Å². The van der Waals surface area contributed by atoms with Gasteiger partial charge in [-0.2, -0.15) is 13.2 Å². The van der Waals surface area contributed by atoms with Crippen molar-refractivity contribution < 1.29 is 18.0 Å². The van der Waals surface area contributed by atoms with Gasteiger partial charge in [-0.05, 0) is 67.9 Å². The average molecular weight is 558 g/mol. The van der Waals surface area contributed by atoms with Crippen LogP contribution in [-0.2, 0) is 17.5 Å². The van der Waals surface area contributed by atoms with E-state index in [1.165, 1.54) is 12.1 Å². The fourth-order valence-corrected chi connectivity index (χ4v) is 6.64. The first kappa shape index (κ1) is 28.9. The molecule has 1 aromatic heterocycles. The van der Waals surface area contributed by atoms with E-state index in [0.29, 0.717) is 43.1 Å². The highest BCUT2D eigenvalue weighted by atomic mass is 19.4. The van der Waals surface area contributed by atoms with Crippen LogP contribution in [0.4, 0.5) is 18.9 Å². The number of hydrogen-bond donors (Lipinski definition) is 0. The van der Waals surface area contributed by atoms with Crippen molar-refractivity contribution in [2.75, 3.05) is 57.3 Å². The number of likely N-dealkylation sites (tertiary alicyclic amines) is 2. The molecule has 9 heteroatoms. The van der Waals surface area contributed by atoms with Crippen molar-refractivity contribution in [1.82, 2.24) is 19.7 Å². The summed E-state index contributed by atoms with van der Waals surface area (Å²) in [7, 11) is 0. The number of benzene rings is 1. The minimum atomic E-state index is -4.34. The smallest absolute Gasteiger partial charge is 0.369 e. The van der Waals surface area contributed by atoms with Gasteiger partial charge in [0.15, 0.2) is 0 Å². The molecule has 3 saturated heterocycles. The van der Waals surface area contributed by atoms with Crippen LogP contribution in [0.5, 0.6) is 0 Å². The van der Waals surface area contributed by atoms with Gasteiger partial charge in [0.2, 0.25) is 5.91 Å². The summed E-state index contributed by atoms with van der Waals surface area (Å²) in [5, 5.41) is 0. The fourth-order valence-electron chi connectivity index (χ4n) is 6.64. The number of carbonyl (C=O) groups is 1. The van der Waals surface area contributed by atoms with Crippen molar-refractivity contribution in [3.05, 3.63) is 59.9 Å². The van der Waals surface area contributed by atoms with Gasteiger partial charge in [0.25, 0.3) is 0 Å². The van der Waals surface area contributed by atoms with E-state index < -0.39 is 11.7 Å². The number of anilines is 1. The normalized spacial score (nSPS) is 23.9. The number of rotatable bonds is 7.